The fraction of sp³-hybridized carbons (Fsp3) is 0.632. The lowest BCUT2D eigenvalue weighted by atomic mass is 9.84. The van der Waals surface area contributed by atoms with Gasteiger partial charge >= 0.3 is 0 Å². The summed E-state index contributed by atoms with van der Waals surface area (Å²) in [5.74, 6) is 0.192. The standard InChI is InChI=1S/C19H29FN2O2/c1-24-18(17(21)13-15-5-3-2-4-6-15)19(23)22-12-11-14-7-9-16(20)10-8-14/h7-10,15,17-18H,2-6,11-13,21H2,1H3,(H,22,23)/t17-,18?/m1/s1. The fourth-order valence-corrected chi connectivity index (χ4v) is 3.49. The number of nitrogens with two attached hydrogens (primary N) is 1. The van der Waals surface area contributed by atoms with Crippen molar-refractivity contribution in [3.8, 4) is 0 Å². The van der Waals surface area contributed by atoms with E-state index >= 15 is 0 Å². The minimum absolute atomic E-state index is 0.164. The molecule has 0 heterocycles. The second kappa shape index (κ2) is 9.74. The molecule has 0 radical (unpaired) electrons. The molecule has 2 atom stereocenters. The van der Waals surface area contributed by atoms with E-state index in [0.717, 1.165) is 12.0 Å². The molecule has 134 valence electrons. The van der Waals surface area contributed by atoms with Crippen LogP contribution in [0.25, 0.3) is 0 Å². The van der Waals surface area contributed by atoms with Gasteiger partial charge in [-0.1, -0.05) is 44.2 Å². The van der Waals surface area contributed by atoms with Gasteiger partial charge in [-0.25, -0.2) is 4.39 Å². The van der Waals surface area contributed by atoms with Crippen molar-refractivity contribution in [1.29, 1.82) is 0 Å². The third-order valence-corrected chi connectivity index (χ3v) is 4.86. The Morgan fingerprint density at radius 1 is 1.29 bits per heavy atom. The Hall–Kier alpha value is -1.46. The highest BCUT2D eigenvalue weighted by Crippen LogP contribution is 2.27. The summed E-state index contributed by atoms with van der Waals surface area (Å²) in [5.41, 5.74) is 7.22. The second-order valence-electron chi connectivity index (χ2n) is 6.73. The monoisotopic (exact) mass is 336 g/mol. The van der Waals surface area contributed by atoms with Gasteiger partial charge in [0.05, 0.1) is 0 Å². The summed E-state index contributed by atoms with van der Waals surface area (Å²) in [6, 6.07) is 6.03. The number of carbonyl (C=O) groups excluding carboxylic acids is 1. The van der Waals surface area contributed by atoms with Crippen LogP contribution in [0.1, 0.15) is 44.1 Å². The number of carbonyl (C=O) groups is 1. The van der Waals surface area contributed by atoms with Gasteiger partial charge in [-0.3, -0.25) is 4.79 Å². The summed E-state index contributed by atoms with van der Waals surface area (Å²) in [6.45, 7) is 0.487. The number of amides is 1. The van der Waals surface area contributed by atoms with E-state index in [1.165, 1.54) is 51.3 Å². The highest BCUT2D eigenvalue weighted by Gasteiger charge is 2.28. The third kappa shape index (κ3) is 5.87. The van der Waals surface area contributed by atoms with E-state index in [1.54, 1.807) is 12.1 Å². The second-order valence-corrected chi connectivity index (χ2v) is 6.73. The average molecular weight is 336 g/mol. The maximum absolute atomic E-state index is 12.9. The molecule has 1 aromatic carbocycles. The first-order chi connectivity index (χ1) is 11.6. The van der Waals surface area contributed by atoms with Gasteiger partial charge in [0.1, 0.15) is 5.82 Å². The van der Waals surface area contributed by atoms with Crippen LogP contribution in [0.3, 0.4) is 0 Å². The van der Waals surface area contributed by atoms with Crippen LogP contribution in [0.4, 0.5) is 4.39 Å². The minimum atomic E-state index is -0.611. The van der Waals surface area contributed by atoms with Crippen molar-refractivity contribution >= 4 is 5.91 Å². The first kappa shape index (κ1) is 18.9. The predicted molar refractivity (Wildman–Crippen MR) is 93.1 cm³/mol. The molecular weight excluding hydrogens is 307 g/mol. The number of halogens is 1. The zero-order valence-electron chi connectivity index (χ0n) is 14.5. The average Bonchev–Trinajstić information content (AvgIpc) is 2.58. The molecule has 4 nitrogen and oxygen atoms in total. The molecule has 0 aliphatic heterocycles. The summed E-state index contributed by atoms with van der Waals surface area (Å²) in [5, 5.41) is 2.88. The molecule has 2 rings (SSSR count). The van der Waals surface area contributed by atoms with Crippen LogP contribution in [0.5, 0.6) is 0 Å². The van der Waals surface area contributed by atoms with Crippen molar-refractivity contribution < 1.29 is 13.9 Å². The lowest BCUT2D eigenvalue weighted by molar-refractivity contribution is -0.132. The minimum Gasteiger partial charge on any atom is -0.370 e. The first-order valence-corrected chi connectivity index (χ1v) is 8.90. The topological polar surface area (TPSA) is 64.3 Å². The zero-order chi connectivity index (χ0) is 17.4. The lowest BCUT2D eigenvalue weighted by Crippen LogP contribution is -2.48. The van der Waals surface area contributed by atoms with Gasteiger partial charge in [-0.2, -0.15) is 0 Å². The molecule has 1 unspecified atom stereocenters. The van der Waals surface area contributed by atoms with Gasteiger partial charge < -0.3 is 15.8 Å². The molecule has 0 aromatic heterocycles. The van der Waals surface area contributed by atoms with Crippen LogP contribution in [0.15, 0.2) is 24.3 Å². The van der Waals surface area contributed by atoms with Crippen LogP contribution in [0.2, 0.25) is 0 Å². The number of methoxy groups -OCH3 is 1. The highest BCUT2D eigenvalue weighted by atomic mass is 19.1. The summed E-state index contributed by atoms with van der Waals surface area (Å²) >= 11 is 0. The highest BCUT2D eigenvalue weighted by molar-refractivity contribution is 5.81. The molecule has 1 amide bonds. The summed E-state index contributed by atoms with van der Waals surface area (Å²) in [4.78, 5) is 12.3. The summed E-state index contributed by atoms with van der Waals surface area (Å²) < 4.78 is 18.2. The summed E-state index contributed by atoms with van der Waals surface area (Å²) in [6.07, 6.45) is 7.12. The van der Waals surface area contributed by atoms with Gasteiger partial charge in [0.25, 0.3) is 5.91 Å². The van der Waals surface area contributed by atoms with E-state index in [2.05, 4.69) is 5.32 Å². The fourth-order valence-electron chi connectivity index (χ4n) is 3.49. The number of benzene rings is 1. The van der Waals surface area contributed by atoms with E-state index in [9.17, 15) is 9.18 Å². The largest absolute Gasteiger partial charge is 0.370 e. The molecule has 5 heteroatoms. The van der Waals surface area contributed by atoms with E-state index in [1.807, 2.05) is 0 Å². The first-order valence-electron chi connectivity index (χ1n) is 8.90. The number of nitrogens with one attached hydrogen (secondary N) is 1. The summed E-state index contributed by atoms with van der Waals surface area (Å²) in [7, 11) is 1.53. The van der Waals surface area contributed by atoms with Crippen LogP contribution >= 0.6 is 0 Å². The molecule has 0 bridgehead atoms. The number of ether oxygens (including phenoxy) is 1. The maximum Gasteiger partial charge on any atom is 0.250 e. The van der Waals surface area contributed by atoms with Crippen molar-refractivity contribution in [3.63, 3.8) is 0 Å². The molecule has 1 aliphatic carbocycles. The quantitative estimate of drug-likeness (QED) is 0.767. The molecule has 1 fully saturated rings. The Bertz CT molecular complexity index is 501. The van der Waals surface area contributed by atoms with Gasteiger partial charge in [0.15, 0.2) is 6.10 Å². The number of rotatable bonds is 8. The van der Waals surface area contributed by atoms with Gasteiger partial charge in [-0.05, 0) is 36.5 Å². The molecule has 0 saturated heterocycles. The van der Waals surface area contributed by atoms with Crippen LogP contribution in [-0.4, -0.2) is 31.7 Å². The SMILES string of the molecule is COC(C(=O)NCCc1ccc(F)cc1)[C@H](N)CC1CCCCC1. The van der Waals surface area contributed by atoms with E-state index in [-0.39, 0.29) is 17.8 Å². The number of hydrogen-bond acceptors (Lipinski definition) is 3. The smallest absolute Gasteiger partial charge is 0.250 e. The van der Waals surface area contributed by atoms with Crippen molar-refractivity contribution in [2.24, 2.45) is 11.7 Å². The van der Waals surface area contributed by atoms with Crippen LogP contribution < -0.4 is 11.1 Å². The van der Waals surface area contributed by atoms with Crippen molar-refractivity contribution in [2.45, 2.75) is 57.1 Å². The van der Waals surface area contributed by atoms with Gasteiger partial charge in [0.2, 0.25) is 0 Å². The van der Waals surface area contributed by atoms with Crippen LogP contribution in [-0.2, 0) is 16.0 Å². The maximum atomic E-state index is 12.9. The Labute approximate surface area is 144 Å². The lowest BCUT2D eigenvalue weighted by Gasteiger charge is -2.28. The van der Waals surface area contributed by atoms with Crippen molar-refractivity contribution in [1.82, 2.24) is 5.32 Å². The normalized spacial score (nSPS) is 18.1. The molecule has 1 aromatic rings. The van der Waals surface area contributed by atoms with E-state index < -0.39 is 6.10 Å². The molecule has 24 heavy (non-hydrogen) atoms. The Kier molecular flexibility index (Phi) is 7.66. The molecule has 1 aliphatic rings. The Morgan fingerprint density at radius 3 is 2.58 bits per heavy atom. The van der Waals surface area contributed by atoms with Gasteiger partial charge in [-0.15, -0.1) is 0 Å². The van der Waals surface area contributed by atoms with Gasteiger partial charge in [0, 0.05) is 19.7 Å². The Balaban J connectivity index is 1.76. The van der Waals surface area contributed by atoms with Crippen molar-refractivity contribution in [3.05, 3.63) is 35.6 Å². The van der Waals surface area contributed by atoms with E-state index in [4.69, 9.17) is 10.5 Å². The zero-order valence-corrected chi connectivity index (χ0v) is 14.5. The molecule has 0 spiro atoms. The third-order valence-electron chi connectivity index (χ3n) is 4.86. The Morgan fingerprint density at radius 2 is 1.96 bits per heavy atom. The van der Waals surface area contributed by atoms with E-state index in [0.29, 0.717) is 18.9 Å². The molecule has 1 saturated carbocycles. The number of hydrogen-bond donors (Lipinski definition) is 2. The molecule has 3 N–H and O–H groups in total. The van der Waals surface area contributed by atoms with Crippen molar-refractivity contribution in [2.75, 3.05) is 13.7 Å². The van der Waals surface area contributed by atoms with Crippen LogP contribution in [0, 0.1) is 11.7 Å². The molecular formula is C19H29FN2O2. The predicted octanol–water partition coefficient (Wildman–Crippen LogP) is 2.80.